The minimum Gasteiger partial charge on any atom is -0.367 e. The molecule has 0 saturated carbocycles. The fraction of sp³-hybridized carbons (Fsp3) is 0.214. The summed E-state index contributed by atoms with van der Waals surface area (Å²) in [4.78, 5) is 32.0. The Morgan fingerprint density at radius 3 is 2.32 bits per heavy atom. The molecule has 6 heteroatoms. The molecule has 1 heterocycles. The van der Waals surface area contributed by atoms with Crippen molar-refractivity contribution in [3.05, 3.63) is 107 Å². The lowest BCUT2D eigenvalue weighted by Gasteiger charge is -2.43. The predicted molar refractivity (Wildman–Crippen MR) is 135 cm³/mol. The molecule has 2 amide bonds. The van der Waals surface area contributed by atoms with Gasteiger partial charge >= 0.3 is 0 Å². The van der Waals surface area contributed by atoms with E-state index in [1.54, 1.807) is 4.90 Å². The van der Waals surface area contributed by atoms with Gasteiger partial charge in [0.15, 0.2) is 5.54 Å². The fourth-order valence-corrected chi connectivity index (χ4v) is 4.83. The molecule has 4 aromatic rings. The molecule has 34 heavy (non-hydrogen) atoms. The highest BCUT2D eigenvalue weighted by Gasteiger charge is 2.48. The van der Waals surface area contributed by atoms with E-state index in [2.05, 4.69) is 4.98 Å². The van der Waals surface area contributed by atoms with Crippen LogP contribution < -0.4 is 11.5 Å². The number of para-hydroxylation sites is 1. The Bertz CT molecular complexity index is 1300. The van der Waals surface area contributed by atoms with Crippen LogP contribution in [-0.4, -0.2) is 34.8 Å². The Balaban J connectivity index is 1.89. The van der Waals surface area contributed by atoms with E-state index in [1.165, 1.54) is 0 Å². The first-order chi connectivity index (χ1) is 16.5. The number of fused-ring (bicyclic) bond motifs is 1. The third-order valence-corrected chi connectivity index (χ3v) is 6.43. The number of H-pyrrole nitrogens is 1. The van der Waals surface area contributed by atoms with Crippen LogP contribution in [0.4, 0.5) is 0 Å². The lowest BCUT2D eigenvalue weighted by Crippen LogP contribution is -2.59. The van der Waals surface area contributed by atoms with Gasteiger partial charge in [-0.1, -0.05) is 72.8 Å². The zero-order chi connectivity index (χ0) is 24.1. The van der Waals surface area contributed by atoms with Crippen molar-refractivity contribution in [1.29, 1.82) is 0 Å². The number of nitrogens with zero attached hydrogens (tertiary/aromatic N) is 1. The van der Waals surface area contributed by atoms with Crippen molar-refractivity contribution in [1.82, 2.24) is 9.88 Å². The molecule has 0 bridgehead atoms. The third kappa shape index (κ3) is 4.08. The number of nitrogens with one attached hydrogen (secondary N) is 1. The van der Waals surface area contributed by atoms with Crippen LogP contribution in [0.3, 0.4) is 0 Å². The monoisotopic (exact) mass is 454 g/mol. The molecule has 0 radical (unpaired) electrons. The van der Waals surface area contributed by atoms with Crippen molar-refractivity contribution in [2.45, 2.75) is 25.3 Å². The average Bonchev–Trinajstić information content (AvgIpc) is 3.26. The van der Waals surface area contributed by atoms with E-state index in [1.807, 2.05) is 92.0 Å². The van der Waals surface area contributed by atoms with Crippen LogP contribution in [0, 0.1) is 6.92 Å². The first-order valence-electron chi connectivity index (χ1n) is 11.5. The van der Waals surface area contributed by atoms with Crippen LogP contribution in [-0.2, 0) is 21.5 Å². The minimum atomic E-state index is -1.47. The molecule has 0 spiro atoms. The van der Waals surface area contributed by atoms with Gasteiger partial charge in [-0.25, -0.2) is 0 Å². The minimum absolute atomic E-state index is 0.113. The Labute approximate surface area is 199 Å². The van der Waals surface area contributed by atoms with Crippen molar-refractivity contribution >= 4 is 22.7 Å². The van der Waals surface area contributed by atoms with Gasteiger partial charge in [0.05, 0.1) is 0 Å². The molecule has 3 aromatic carbocycles. The van der Waals surface area contributed by atoms with E-state index >= 15 is 0 Å². The topological polar surface area (TPSA) is 105 Å². The van der Waals surface area contributed by atoms with Crippen LogP contribution in [0.15, 0.2) is 85.1 Å². The number of nitrogens with two attached hydrogens (primary N) is 2. The molecule has 1 unspecified atom stereocenters. The zero-order valence-electron chi connectivity index (χ0n) is 19.3. The van der Waals surface area contributed by atoms with Crippen LogP contribution in [0.5, 0.6) is 0 Å². The van der Waals surface area contributed by atoms with Crippen molar-refractivity contribution in [2.24, 2.45) is 11.5 Å². The maximum Gasteiger partial charge on any atom is 0.252 e. The second-order valence-corrected chi connectivity index (χ2v) is 8.45. The van der Waals surface area contributed by atoms with Crippen molar-refractivity contribution < 1.29 is 9.59 Å². The fourth-order valence-electron chi connectivity index (χ4n) is 4.83. The molecule has 0 aliphatic carbocycles. The van der Waals surface area contributed by atoms with Gasteiger partial charge in [-0.15, -0.1) is 0 Å². The van der Waals surface area contributed by atoms with Crippen LogP contribution in [0.1, 0.15) is 28.7 Å². The first kappa shape index (κ1) is 23.3. The van der Waals surface area contributed by atoms with E-state index in [4.69, 9.17) is 11.5 Å². The maximum atomic E-state index is 13.6. The average molecular weight is 455 g/mol. The number of amides is 2. The summed E-state index contributed by atoms with van der Waals surface area (Å²) in [5, 5.41) is 1.09. The maximum absolute atomic E-state index is 13.6. The molecule has 0 fully saturated rings. The molecule has 0 aliphatic rings. The summed E-state index contributed by atoms with van der Waals surface area (Å²) in [6.07, 6.45) is 2.62. The number of hydrogen-bond acceptors (Lipinski definition) is 3. The SMILES string of the molecule is Cc1ccccc1C(C(N)=O)(c1ccccc1)N(CCc1c[nH]c2ccccc12)C(=O)CCN. The molecule has 0 saturated heterocycles. The smallest absolute Gasteiger partial charge is 0.252 e. The molecular weight excluding hydrogens is 424 g/mol. The number of carbonyl (C=O) groups excluding carboxylic acids is 2. The summed E-state index contributed by atoms with van der Waals surface area (Å²) in [6, 6.07) is 24.9. The van der Waals surface area contributed by atoms with E-state index in [9.17, 15) is 9.59 Å². The lowest BCUT2D eigenvalue weighted by molar-refractivity contribution is -0.144. The first-order valence-corrected chi connectivity index (χ1v) is 11.5. The Morgan fingerprint density at radius 1 is 0.941 bits per heavy atom. The van der Waals surface area contributed by atoms with Gasteiger partial charge in [0.25, 0.3) is 5.91 Å². The van der Waals surface area contributed by atoms with Gasteiger partial charge in [0.2, 0.25) is 5.91 Å². The van der Waals surface area contributed by atoms with Crippen LogP contribution in [0.25, 0.3) is 10.9 Å². The zero-order valence-corrected chi connectivity index (χ0v) is 19.3. The molecule has 4 rings (SSSR count). The highest BCUT2D eigenvalue weighted by Crippen LogP contribution is 2.38. The number of benzene rings is 3. The summed E-state index contributed by atoms with van der Waals surface area (Å²) in [7, 11) is 0. The summed E-state index contributed by atoms with van der Waals surface area (Å²) < 4.78 is 0. The van der Waals surface area contributed by atoms with E-state index in [0.717, 1.165) is 22.0 Å². The van der Waals surface area contributed by atoms with Crippen molar-refractivity contribution in [2.75, 3.05) is 13.1 Å². The molecule has 1 aromatic heterocycles. The molecule has 5 N–H and O–H groups in total. The summed E-state index contributed by atoms with van der Waals surface area (Å²) >= 11 is 0. The number of aromatic amines is 1. The van der Waals surface area contributed by atoms with Gasteiger partial charge < -0.3 is 21.4 Å². The van der Waals surface area contributed by atoms with Gasteiger partial charge in [0, 0.05) is 36.6 Å². The van der Waals surface area contributed by atoms with Crippen molar-refractivity contribution in [3.8, 4) is 0 Å². The largest absolute Gasteiger partial charge is 0.367 e. The standard InChI is InChI=1S/C28H30N4O2/c1-20-9-5-7-13-24(20)28(27(30)34,22-10-3-2-4-11-22)32(26(33)15-17-29)18-16-21-19-31-25-14-8-6-12-23(21)25/h2-14,19,31H,15-18,29H2,1H3,(H2,30,34). The molecule has 6 nitrogen and oxygen atoms in total. The van der Waals surface area contributed by atoms with E-state index in [-0.39, 0.29) is 18.9 Å². The lowest BCUT2D eigenvalue weighted by atomic mass is 9.78. The quantitative estimate of drug-likeness (QED) is 0.360. The highest BCUT2D eigenvalue weighted by molar-refractivity contribution is 5.95. The molecule has 0 aliphatic heterocycles. The van der Waals surface area contributed by atoms with Gasteiger partial charge in [-0.05, 0) is 41.7 Å². The van der Waals surface area contributed by atoms with E-state index < -0.39 is 11.4 Å². The van der Waals surface area contributed by atoms with Crippen molar-refractivity contribution in [3.63, 3.8) is 0 Å². The number of aromatic nitrogens is 1. The molecular formula is C28H30N4O2. The number of primary amides is 1. The van der Waals surface area contributed by atoms with Crippen LogP contribution in [0.2, 0.25) is 0 Å². The predicted octanol–water partition coefficient (Wildman–Crippen LogP) is 3.63. The summed E-state index contributed by atoms with van der Waals surface area (Å²) in [5.41, 5.74) is 14.9. The highest BCUT2D eigenvalue weighted by atomic mass is 16.2. The second kappa shape index (κ2) is 9.93. The number of aryl methyl sites for hydroxylation is 1. The molecule has 174 valence electrons. The molecule has 1 atom stereocenters. The Morgan fingerprint density at radius 2 is 1.62 bits per heavy atom. The number of carbonyl (C=O) groups is 2. The van der Waals surface area contributed by atoms with Gasteiger partial charge in [-0.3, -0.25) is 9.59 Å². The summed E-state index contributed by atoms with van der Waals surface area (Å²) in [6.45, 7) is 2.41. The van der Waals surface area contributed by atoms with Gasteiger partial charge in [0.1, 0.15) is 0 Å². The third-order valence-electron chi connectivity index (χ3n) is 6.43. The summed E-state index contributed by atoms with van der Waals surface area (Å²) in [5.74, 6) is -0.814. The van der Waals surface area contributed by atoms with Crippen LogP contribution >= 0.6 is 0 Å². The Hall–Kier alpha value is -3.90. The van der Waals surface area contributed by atoms with E-state index in [0.29, 0.717) is 24.1 Å². The second-order valence-electron chi connectivity index (χ2n) is 8.45. The Kier molecular flexibility index (Phi) is 6.80. The number of hydrogen-bond donors (Lipinski definition) is 3. The van der Waals surface area contributed by atoms with Gasteiger partial charge in [-0.2, -0.15) is 0 Å². The normalized spacial score (nSPS) is 12.9. The number of rotatable bonds is 9.